The number of para-hydroxylation sites is 1. The molecular weight excluding hydrogens is 250 g/mol. The van der Waals surface area contributed by atoms with Crippen molar-refractivity contribution >= 4 is 0 Å². The van der Waals surface area contributed by atoms with Crippen LogP contribution in [0.2, 0.25) is 0 Å². The van der Waals surface area contributed by atoms with Gasteiger partial charge < -0.3 is 14.8 Å². The normalized spacial score (nSPS) is 22.7. The molecule has 1 aromatic carbocycles. The Hall–Kier alpha value is -1.06. The Labute approximate surface area is 122 Å². The predicted molar refractivity (Wildman–Crippen MR) is 82.1 cm³/mol. The van der Waals surface area contributed by atoms with E-state index in [9.17, 15) is 0 Å². The zero-order valence-corrected chi connectivity index (χ0v) is 12.7. The highest BCUT2D eigenvalue weighted by molar-refractivity contribution is 5.33. The quantitative estimate of drug-likeness (QED) is 0.775. The van der Waals surface area contributed by atoms with Gasteiger partial charge >= 0.3 is 0 Å². The molecule has 1 aromatic rings. The monoisotopic (exact) mass is 277 g/mol. The van der Waals surface area contributed by atoms with Gasteiger partial charge in [0.15, 0.2) is 0 Å². The molecule has 0 heterocycles. The van der Waals surface area contributed by atoms with E-state index in [2.05, 4.69) is 18.3 Å². The minimum Gasteiger partial charge on any atom is -0.491 e. The van der Waals surface area contributed by atoms with Gasteiger partial charge in [0.25, 0.3) is 0 Å². The molecule has 2 rings (SSSR count). The number of ether oxygens (including phenoxy) is 2. The lowest BCUT2D eigenvalue weighted by molar-refractivity contribution is -0.0166. The molecule has 112 valence electrons. The van der Waals surface area contributed by atoms with Crippen LogP contribution in [0.4, 0.5) is 0 Å². The Morgan fingerprint density at radius 3 is 2.75 bits per heavy atom. The van der Waals surface area contributed by atoms with Crippen molar-refractivity contribution in [1.29, 1.82) is 0 Å². The Bertz CT molecular complexity index is 394. The average molecular weight is 277 g/mol. The van der Waals surface area contributed by atoms with Crippen LogP contribution in [-0.2, 0) is 11.3 Å². The van der Waals surface area contributed by atoms with Crippen LogP contribution in [0.25, 0.3) is 0 Å². The van der Waals surface area contributed by atoms with Crippen LogP contribution >= 0.6 is 0 Å². The molecule has 0 bridgehead atoms. The third kappa shape index (κ3) is 4.50. The van der Waals surface area contributed by atoms with Crippen molar-refractivity contribution in [2.24, 2.45) is 5.92 Å². The molecular formula is C17H27NO2. The van der Waals surface area contributed by atoms with Gasteiger partial charge in [-0.15, -0.1) is 0 Å². The molecule has 0 saturated heterocycles. The maximum atomic E-state index is 5.98. The molecule has 0 amide bonds. The smallest absolute Gasteiger partial charge is 0.123 e. The van der Waals surface area contributed by atoms with Crippen LogP contribution in [0, 0.1) is 5.92 Å². The molecule has 2 unspecified atom stereocenters. The maximum absolute atomic E-state index is 5.98. The summed E-state index contributed by atoms with van der Waals surface area (Å²) >= 11 is 0. The third-order valence-electron chi connectivity index (χ3n) is 4.05. The van der Waals surface area contributed by atoms with E-state index < -0.39 is 0 Å². The zero-order chi connectivity index (χ0) is 14.2. The molecule has 3 nitrogen and oxygen atoms in total. The van der Waals surface area contributed by atoms with Gasteiger partial charge in [-0.25, -0.2) is 0 Å². The van der Waals surface area contributed by atoms with E-state index in [0.29, 0.717) is 25.2 Å². The van der Waals surface area contributed by atoms with E-state index in [-0.39, 0.29) is 0 Å². The average Bonchev–Trinajstić information content (AvgIpc) is 2.47. The van der Waals surface area contributed by atoms with E-state index in [1.54, 1.807) is 0 Å². The SMILES string of the molecule is CNCc1ccccc1OCCOC1CCCCC1C. The first-order chi connectivity index (χ1) is 9.81. The van der Waals surface area contributed by atoms with Gasteiger partial charge in [-0.1, -0.05) is 38.0 Å². The fourth-order valence-electron chi connectivity index (χ4n) is 2.86. The van der Waals surface area contributed by atoms with Crippen LogP contribution in [0.3, 0.4) is 0 Å². The van der Waals surface area contributed by atoms with E-state index in [1.165, 1.54) is 31.2 Å². The first-order valence-electron chi connectivity index (χ1n) is 7.78. The van der Waals surface area contributed by atoms with Crippen molar-refractivity contribution in [3.8, 4) is 5.75 Å². The summed E-state index contributed by atoms with van der Waals surface area (Å²) in [6.07, 6.45) is 5.60. The van der Waals surface area contributed by atoms with Crippen LogP contribution < -0.4 is 10.1 Å². The highest BCUT2D eigenvalue weighted by Gasteiger charge is 2.21. The summed E-state index contributed by atoms with van der Waals surface area (Å²) in [7, 11) is 1.95. The van der Waals surface area contributed by atoms with E-state index >= 15 is 0 Å². The Morgan fingerprint density at radius 1 is 1.15 bits per heavy atom. The molecule has 0 aliphatic heterocycles. The fraction of sp³-hybridized carbons (Fsp3) is 0.647. The van der Waals surface area contributed by atoms with Crippen molar-refractivity contribution in [2.75, 3.05) is 20.3 Å². The standard InChI is InChI=1S/C17H27NO2/c1-14-7-3-5-9-16(14)19-11-12-20-17-10-6-4-8-15(17)13-18-2/h4,6,8,10,14,16,18H,3,5,7,9,11-13H2,1-2H3. The van der Waals surface area contributed by atoms with Gasteiger partial charge in [-0.05, 0) is 31.9 Å². The van der Waals surface area contributed by atoms with Gasteiger partial charge in [-0.2, -0.15) is 0 Å². The number of hydrogen-bond donors (Lipinski definition) is 1. The maximum Gasteiger partial charge on any atom is 0.123 e. The molecule has 3 heteroatoms. The van der Waals surface area contributed by atoms with Crippen LogP contribution in [0.5, 0.6) is 5.75 Å². The predicted octanol–water partition coefficient (Wildman–Crippen LogP) is 3.38. The molecule has 20 heavy (non-hydrogen) atoms. The second-order valence-corrected chi connectivity index (χ2v) is 5.66. The zero-order valence-electron chi connectivity index (χ0n) is 12.7. The topological polar surface area (TPSA) is 30.5 Å². The molecule has 1 aliphatic rings. The van der Waals surface area contributed by atoms with Crippen LogP contribution in [0.1, 0.15) is 38.2 Å². The van der Waals surface area contributed by atoms with Crippen molar-refractivity contribution < 1.29 is 9.47 Å². The van der Waals surface area contributed by atoms with Crippen molar-refractivity contribution in [3.63, 3.8) is 0 Å². The second-order valence-electron chi connectivity index (χ2n) is 5.66. The summed E-state index contributed by atoms with van der Waals surface area (Å²) in [5.41, 5.74) is 1.20. The third-order valence-corrected chi connectivity index (χ3v) is 4.05. The van der Waals surface area contributed by atoms with Crippen molar-refractivity contribution in [3.05, 3.63) is 29.8 Å². The molecule has 0 aromatic heterocycles. The largest absolute Gasteiger partial charge is 0.491 e. The van der Waals surface area contributed by atoms with Gasteiger partial charge in [0.05, 0.1) is 12.7 Å². The molecule has 1 N–H and O–H groups in total. The molecule has 0 radical (unpaired) electrons. The van der Waals surface area contributed by atoms with Gasteiger partial charge in [0.2, 0.25) is 0 Å². The number of rotatable bonds is 7. The molecule has 2 atom stereocenters. The Morgan fingerprint density at radius 2 is 1.95 bits per heavy atom. The molecule has 1 aliphatic carbocycles. The number of hydrogen-bond acceptors (Lipinski definition) is 3. The minimum absolute atomic E-state index is 0.430. The number of benzene rings is 1. The summed E-state index contributed by atoms with van der Waals surface area (Å²) in [6, 6.07) is 8.17. The molecule has 0 spiro atoms. The Kier molecular flexibility index (Phi) is 6.34. The highest BCUT2D eigenvalue weighted by Crippen LogP contribution is 2.26. The fourth-order valence-corrected chi connectivity index (χ4v) is 2.86. The molecule has 1 fully saturated rings. The highest BCUT2D eigenvalue weighted by atomic mass is 16.5. The van der Waals surface area contributed by atoms with E-state index in [1.807, 2.05) is 25.2 Å². The lowest BCUT2D eigenvalue weighted by atomic mass is 9.88. The first kappa shape index (κ1) is 15.3. The first-order valence-corrected chi connectivity index (χ1v) is 7.78. The minimum atomic E-state index is 0.430. The lowest BCUT2D eigenvalue weighted by Gasteiger charge is -2.28. The lowest BCUT2D eigenvalue weighted by Crippen LogP contribution is -2.27. The molecule has 1 saturated carbocycles. The van der Waals surface area contributed by atoms with Crippen molar-refractivity contribution in [2.45, 2.75) is 45.3 Å². The van der Waals surface area contributed by atoms with Crippen molar-refractivity contribution in [1.82, 2.24) is 5.32 Å². The summed E-state index contributed by atoms with van der Waals surface area (Å²) < 4.78 is 11.8. The van der Waals surface area contributed by atoms with Gasteiger partial charge in [-0.3, -0.25) is 0 Å². The van der Waals surface area contributed by atoms with E-state index in [4.69, 9.17) is 9.47 Å². The Balaban J connectivity index is 1.73. The summed E-state index contributed by atoms with van der Waals surface area (Å²) in [5, 5.41) is 3.16. The number of nitrogens with one attached hydrogen (secondary N) is 1. The van der Waals surface area contributed by atoms with Crippen LogP contribution in [-0.4, -0.2) is 26.4 Å². The van der Waals surface area contributed by atoms with Crippen LogP contribution in [0.15, 0.2) is 24.3 Å². The summed E-state index contributed by atoms with van der Waals surface area (Å²) in [5.74, 6) is 1.66. The second kappa shape index (κ2) is 8.28. The van der Waals surface area contributed by atoms with Gasteiger partial charge in [0.1, 0.15) is 12.4 Å². The summed E-state index contributed by atoms with van der Waals surface area (Å²) in [6.45, 7) is 4.44. The van der Waals surface area contributed by atoms with E-state index in [0.717, 1.165) is 12.3 Å². The summed E-state index contributed by atoms with van der Waals surface area (Å²) in [4.78, 5) is 0. The van der Waals surface area contributed by atoms with Gasteiger partial charge in [0, 0.05) is 12.1 Å².